The minimum Gasteiger partial charge on any atom is -0.348 e. The average molecular weight is 414 g/mol. The maximum atomic E-state index is 13.6. The van der Waals surface area contributed by atoms with Gasteiger partial charge in [0.25, 0.3) is 5.91 Å². The third-order valence-electron chi connectivity index (χ3n) is 3.72. The molecule has 1 amide bonds. The van der Waals surface area contributed by atoms with Gasteiger partial charge in [-0.3, -0.25) is 4.79 Å². The lowest BCUT2D eigenvalue weighted by Gasteiger charge is -2.13. The molecule has 0 fully saturated rings. The minimum atomic E-state index is -4.77. The fraction of sp³-hybridized carbons (Fsp3) is 0.111. The molecular weight excluding hydrogens is 402 g/mol. The lowest BCUT2D eigenvalue weighted by molar-refractivity contribution is -0.143. The number of carbonyl (C=O) groups excluding carboxylic acids is 1. The van der Waals surface area contributed by atoms with Crippen molar-refractivity contribution < 1.29 is 18.0 Å². The van der Waals surface area contributed by atoms with E-state index in [1.165, 1.54) is 24.3 Å². The molecule has 3 rings (SSSR count). The molecule has 0 saturated carbocycles. The van der Waals surface area contributed by atoms with Gasteiger partial charge in [-0.1, -0.05) is 35.3 Å². The summed E-state index contributed by atoms with van der Waals surface area (Å²) < 4.78 is 41.5. The molecule has 3 aromatic rings. The van der Waals surface area contributed by atoms with E-state index in [1.54, 1.807) is 24.3 Å². The molecule has 0 aliphatic rings. The van der Waals surface area contributed by atoms with Crippen LogP contribution in [0.1, 0.15) is 21.6 Å². The molecule has 27 heavy (non-hydrogen) atoms. The third-order valence-corrected chi connectivity index (χ3v) is 4.22. The summed E-state index contributed by atoms with van der Waals surface area (Å²) in [6.07, 6.45) is -3.88. The van der Waals surface area contributed by atoms with Gasteiger partial charge in [-0.05, 0) is 42.0 Å². The number of halogens is 5. The fourth-order valence-corrected chi connectivity index (χ4v) is 2.70. The van der Waals surface area contributed by atoms with E-state index in [0.717, 1.165) is 6.20 Å². The second-order valence-corrected chi connectivity index (χ2v) is 6.47. The first-order valence-electron chi connectivity index (χ1n) is 7.69. The third kappa shape index (κ3) is 4.43. The van der Waals surface area contributed by atoms with Crippen molar-refractivity contribution in [1.82, 2.24) is 15.1 Å². The highest BCUT2D eigenvalue weighted by molar-refractivity contribution is 6.30. The van der Waals surface area contributed by atoms with Gasteiger partial charge < -0.3 is 5.32 Å². The largest absolute Gasteiger partial charge is 0.434 e. The molecule has 0 radical (unpaired) electrons. The second-order valence-electron chi connectivity index (χ2n) is 5.60. The molecule has 1 aromatic heterocycles. The van der Waals surface area contributed by atoms with Gasteiger partial charge in [0.05, 0.1) is 17.4 Å². The molecule has 2 aromatic carbocycles. The van der Waals surface area contributed by atoms with Gasteiger partial charge in [-0.15, -0.1) is 0 Å². The zero-order valence-corrected chi connectivity index (χ0v) is 15.1. The Hall–Kier alpha value is -2.51. The maximum Gasteiger partial charge on any atom is 0.434 e. The Balaban J connectivity index is 1.89. The van der Waals surface area contributed by atoms with Crippen LogP contribution in [0.3, 0.4) is 0 Å². The van der Waals surface area contributed by atoms with E-state index >= 15 is 0 Å². The Morgan fingerprint density at radius 1 is 1.00 bits per heavy atom. The molecule has 0 spiro atoms. The number of nitrogens with one attached hydrogen (secondary N) is 1. The molecule has 0 aliphatic carbocycles. The Morgan fingerprint density at radius 3 is 2.11 bits per heavy atom. The number of hydrogen-bond donors (Lipinski definition) is 1. The van der Waals surface area contributed by atoms with Gasteiger partial charge in [0, 0.05) is 16.6 Å². The number of alkyl halides is 3. The Kier molecular flexibility index (Phi) is 5.43. The lowest BCUT2D eigenvalue weighted by atomic mass is 10.2. The van der Waals surface area contributed by atoms with Crippen LogP contribution in [0.15, 0.2) is 54.7 Å². The summed E-state index contributed by atoms with van der Waals surface area (Å²) >= 11 is 11.5. The monoisotopic (exact) mass is 413 g/mol. The molecule has 0 aliphatic heterocycles. The predicted molar refractivity (Wildman–Crippen MR) is 96.2 cm³/mol. The Morgan fingerprint density at radius 2 is 1.56 bits per heavy atom. The normalized spacial score (nSPS) is 11.4. The number of rotatable bonds is 4. The summed E-state index contributed by atoms with van der Waals surface area (Å²) in [6.45, 7) is 0.0550. The van der Waals surface area contributed by atoms with E-state index < -0.39 is 23.3 Å². The van der Waals surface area contributed by atoms with Crippen LogP contribution >= 0.6 is 23.2 Å². The van der Waals surface area contributed by atoms with Gasteiger partial charge in [0.2, 0.25) is 0 Å². The average Bonchev–Trinajstić information content (AvgIpc) is 3.07. The maximum absolute atomic E-state index is 13.6. The molecule has 1 N–H and O–H groups in total. The van der Waals surface area contributed by atoms with Crippen LogP contribution in [0.4, 0.5) is 13.2 Å². The molecule has 140 valence electrons. The Labute approximate surface area is 162 Å². The minimum absolute atomic E-state index is 0.0550. The topological polar surface area (TPSA) is 46.9 Å². The number of benzene rings is 2. The van der Waals surface area contributed by atoms with Crippen molar-refractivity contribution in [3.63, 3.8) is 0 Å². The van der Waals surface area contributed by atoms with Crippen molar-refractivity contribution in [3.05, 3.63) is 81.6 Å². The van der Waals surface area contributed by atoms with Crippen molar-refractivity contribution >= 4 is 29.1 Å². The number of hydrogen-bond acceptors (Lipinski definition) is 2. The summed E-state index contributed by atoms with van der Waals surface area (Å²) in [5.74, 6) is -0.877. The Bertz CT molecular complexity index is 951. The number of aromatic nitrogens is 2. The molecular formula is C18H12Cl2F3N3O. The van der Waals surface area contributed by atoms with Crippen LogP contribution in [0, 0.1) is 0 Å². The molecule has 0 unspecified atom stereocenters. The SMILES string of the molecule is O=C(NCc1ccc(Cl)cc1)c1cnn(-c2ccc(Cl)cc2)c1C(F)(F)F. The van der Waals surface area contributed by atoms with Crippen LogP contribution in [0.25, 0.3) is 5.69 Å². The number of amides is 1. The van der Waals surface area contributed by atoms with E-state index in [2.05, 4.69) is 10.4 Å². The zero-order valence-electron chi connectivity index (χ0n) is 13.6. The summed E-state index contributed by atoms with van der Waals surface area (Å²) in [5, 5.41) is 7.11. The molecule has 0 saturated heterocycles. The van der Waals surface area contributed by atoms with Crippen molar-refractivity contribution in [1.29, 1.82) is 0 Å². The molecule has 0 bridgehead atoms. The molecule has 9 heteroatoms. The first-order valence-corrected chi connectivity index (χ1v) is 8.45. The summed E-state index contributed by atoms with van der Waals surface area (Å²) in [7, 11) is 0. The van der Waals surface area contributed by atoms with Gasteiger partial charge in [0.1, 0.15) is 0 Å². The van der Waals surface area contributed by atoms with Crippen molar-refractivity contribution in [2.45, 2.75) is 12.7 Å². The predicted octanol–water partition coefficient (Wildman–Crippen LogP) is 5.13. The van der Waals surface area contributed by atoms with Crippen LogP contribution in [0.2, 0.25) is 10.0 Å². The van der Waals surface area contributed by atoms with E-state index in [4.69, 9.17) is 23.2 Å². The first-order chi connectivity index (χ1) is 12.8. The first kappa shape index (κ1) is 19.3. The highest BCUT2D eigenvalue weighted by Gasteiger charge is 2.40. The lowest BCUT2D eigenvalue weighted by Crippen LogP contribution is -2.26. The van der Waals surface area contributed by atoms with Crippen LogP contribution in [-0.2, 0) is 12.7 Å². The van der Waals surface area contributed by atoms with E-state index in [0.29, 0.717) is 20.3 Å². The van der Waals surface area contributed by atoms with Gasteiger partial charge in [0.15, 0.2) is 5.69 Å². The second kappa shape index (κ2) is 7.62. The van der Waals surface area contributed by atoms with Crippen LogP contribution in [0.5, 0.6) is 0 Å². The number of carbonyl (C=O) groups is 1. The molecule has 4 nitrogen and oxygen atoms in total. The highest BCUT2D eigenvalue weighted by atomic mass is 35.5. The van der Waals surface area contributed by atoms with E-state index in [1.807, 2.05) is 0 Å². The van der Waals surface area contributed by atoms with Crippen molar-refractivity contribution in [2.24, 2.45) is 0 Å². The molecule has 1 heterocycles. The summed E-state index contributed by atoms with van der Waals surface area (Å²) in [5.41, 5.74) is -0.875. The fourth-order valence-electron chi connectivity index (χ4n) is 2.45. The summed E-state index contributed by atoms with van der Waals surface area (Å²) in [4.78, 5) is 12.3. The van der Waals surface area contributed by atoms with Crippen molar-refractivity contribution in [2.75, 3.05) is 0 Å². The van der Waals surface area contributed by atoms with Crippen molar-refractivity contribution in [3.8, 4) is 5.69 Å². The highest BCUT2D eigenvalue weighted by Crippen LogP contribution is 2.33. The van der Waals surface area contributed by atoms with Gasteiger partial charge >= 0.3 is 6.18 Å². The quantitative estimate of drug-likeness (QED) is 0.644. The van der Waals surface area contributed by atoms with Crippen LogP contribution < -0.4 is 5.32 Å². The number of nitrogens with zero attached hydrogens (tertiary/aromatic N) is 2. The van der Waals surface area contributed by atoms with E-state index in [-0.39, 0.29) is 12.2 Å². The standard InChI is InChI=1S/C18H12Cl2F3N3O/c19-12-3-1-11(2-4-12)9-24-17(27)15-10-25-26(16(15)18(21,22)23)14-7-5-13(20)6-8-14/h1-8,10H,9H2,(H,24,27). The van der Waals surface area contributed by atoms with E-state index in [9.17, 15) is 18.0 Å². The summed E-state index contributed by atoms with van der Waals surface area (Å²) in [6, 6.07) is 12.3. The van der Waals surface area contributed by atoms with Crippen LogP contribution in [-0.4, -0.2) is 15.7 Å². The molecule has 0 atom stereocenters. The zero-order chi connectivity index (χ0) is 19.6. The smallest absolute Gasteiger partial charge is 0.348 e. The van der Waals surface area contributed by atoms with Gasteiger partial charge in [-0.25, -0.2) is 4.68 Å². The van der Waals surface area contributed by atoms with Gasteiger partial charge in [-0.2, -0.15) is 18.3 Å².